The molecule has 4 aliphatic rings. The van der Waals surface area contributed by atoms with E-state index in [0.717, 1.165) is 93.1 Å². The quantitative estimate of drug-likeness (QED) is 0.223. The molecule has 8 bridgehead atoms. The summed E-state index contributed by atoms with van der Waals surface area (Å²) < 4.78 is 0. The first-order valence-electron chi connectivity index (χ1n) is 14.8. The molecular weight excluding hydrogens is 496 g/mol. The van der Waals surface area contributed by atoms with Crippen LogP contribution in [0.2, 0.25) is 0 Å². The van der Waals surface area contributed by atoms with Gasteiger partial charge < -0.3 is 9.97 Å². The zero-order chi connectivity index (χ0) is 26.2. The summed E-state index contributed by atoms with van der Waals surface area (Å²) in [5.41, 5.74) is 3.30. The Morgan fingerprint density at radius 2 is 0.675 bits per heavy atom. The van der Waals surface area contributed by atoms with Gasteiger partial charge in [0.1, 0.15) is 45.9 Å². The summed E-state index contributed by atoms with van der Waals surface area (Å²) in [5, 5.41) is 4.27. The van der Waals surface area contributed by atoms with Crippen LogP contribution in [0.4, 0.5) is 0 Å². The largest absolute Gasteiger partial charge is 0.324 e. The van der Waals surface area contributed by atoms with Crippen LogP contribution in [0, 0.1) is 0 Å². The maximum absolute atomic E-state index is 5.20. The zero-order valence-corrected chi connectivity index (χ0v) is 22.3. The van der Waals surface area contributed by atoms with Crippen molar-refractivity contribution < 1.29 is 0 Å². The first-order chi connectivity index (χ1) is 19.8. The van der Waals surface area contributed by atoms with Crippen molar-refractivity contribution in [2.24, 2.45) is 0 Å². The Hall–Kier alpha value is -4.20. The highest BCUT2D eigenvalue weighted by Gasteiger charge is 2.38. The minimum Gasteiger partial charge on any atom is -0.324 e. The number of aromatic amines is 2. The standard InChI is InChI=1S/C32H30N8/c1-2-10-18-17(9-1)25-33-26(18)38-28-21-13-5-6-14-22(21)30(35-28)40-32-24-16-8-7-15-23(24)31(36-32)39-29-20-12-4-3-11-19(20)27(34-29)37-25/h1-2,7-10,15-16,19-22H,3-6,11-14H2,(H2,33,34,35,36,37,38,39,40). The van der Waals surface area contributed by atoms with Gasteiger partial charge in [-0.2, -0.15) is 0 Å². The van der Waals surface area contributed by atoms with E-state index in [0.29, 0.717) is 0 Å². The summed E-state index contributed by atoms with van der Waals surface area (Å²) in [6.07, 6.45) is 9.15. The highest BCUT2D eigenvalue weighted by molar-refractivity contribution is 6.05. The molecule has 0 saturated heterocycles. The summed E-state index contributed by atoms with van der Waals surface area (Å²) in [6, 6.07) is 16.8. The fourth-order valence-corrected chi connectivity index (χ4v) is 7.59. The van der Waals surface area contributed by atoms with Crippen LogP contribution < -0.4 is 0 Å². The summed E-state index contributed by atoms with van der Waals surface area (Å²) in [7, 11) is 0. The first kappa shape index (κ1) is 22.6. The van der Waals surface area contributed by atoms with Gasteiger partial charge in [-0.1, -0.05) is 74.2 Å². The summed E-state index contributed by atoms with van der Waals surface area (Å²) in [4.78, 5) is 38.2. The Morgan fingerprint density at radius 3 is 0.950 bits per heavy atom. The lowest BCUT2D eigenvalue weighted by molar-refractivity contribution is 0.391. The zero-order valence-electron chi connectivity index (χ0n) is 22.3. The molecule has 8 heteroatoms. The third kappa shape index (κ3) is 3.37. The Kier molecular flexibility index (Phi) is 4.89. The predicted octanol–water partition coefficient (Wildman–Crippen LogP) is 7.08. The van der Waals surface area contributed by atoms with Gasteiger partial charge in [-0.25, -0.2) is 29.9 Å². The average Bonchev–Trinajstić information content (AvgIpc) is 3.73. The lowest BCUT2D eigenvalue weighted by Crippen LogP contribution is -2.12. The van der Waals surface area contributed by atoms with Crippen molar-refractivity contribution in [3.8, 4) is 0 Å². The molecule has 3 aromatic heterocycles. The van der Waals surface area contributed by atoms with Crippen LogP contribution in [-0.2, 0) is 0 Å². The molecule has 0 radical (unpaired) electrons. The van der Waals surface area contributed by atoms with Gasteiger partial charge in [0, 0.05) is 45.2 Å². The average molecular weight is 527 g/mol. The molecule has 4 unspecified atom stereocenters. The van der Waals surface area contributed by atoms with Crippen molar-refractivity contribution in [2.75, 3.05) is 0 Å². The maximum atomic E-state index is 5.20. The highest BCUT2D eigenvalue weighted by atomic mass is 15.1. The summed E-state index contributed by atoms with van der Waals surface area (Å²) in [6.45, 7) is 0. The molecule has 0 amide bonds. The number of H-pyrrole nitrogens is 2. The molecule has 2 aliphatic carbocycles. The molecule has 9 rings (SSSR count). The van der Waals surface area contributed by atoms with Crippen LogP contribution in [-0.4, -0.2) is 39.9 Å². The number of nitrogens with one attached hydrogen (secondary N) is 2. The van der Waals surface area contributed by atoms with Crippen molar-refractivity contribution >= 4 is 44.1 Å². The molecule has 2 saturated carbocycles. The Morgan fingerprint density at radius 1 is 0.400 bits per heavy atom. The molecule has 0 spiro atoms. The normalized spacial score (nSPS) is 24.2. The summed E-state index contributed by atoms with van der Waals surface area (Å²) in [5.74, 6) is 4.69. The predicted molar refractivity (Wildman–Crippen MR) is 155 cm³/mol. The molecule has 8 nitrogen and oxygen atoms in total. The smallest absolute Gasteiger partial charge is 0.141 e. The van der Waals surface area contributed by atoms with Crippen molar-refractivity contribution in [2.45, 2.75) is 75.0 Å². The SMILES string of the molecule is c1ccc2c3nc4nc(nc5[nH]c(nc6nc(nc([nH]3)c2c1)C1CCCCC61)c1ccccc51)C1CCCCC41. The second kappa shape index (κ2) is 8.65. The van der Waals surface area contributed by atoms with Crippen molar-refractivity contribution in [1.82, 2.24) is 39.9 Å². The molecule has 198 valence electrons. The third-order valence-electron chi connectivity index (χ3n) is 9.57. The first-order valence-corrected chi connectivity index (χ1v) is 14.8. The van der Waals surface area contributed by atoms with Gasteiger partial charge >= 0.3 is 0 Å². The second-order valence-corrected chi connectivity index (χ2v) is 11.8. The van der Waals surface area contributed by atoms with Crippen LogP contribution in [0.25, 0.3) is 44.1 Å². The number of aromatic nitrogens is 8. The molecule has 4 atom stereocenters. The third-order valence-corrected chi connectivity index (χ3v) is 9.57. The van der Waals surface area contributed by atoms with Crippen LogP contribution in [0.5, 0.6) is 0 Å². The minimum absolute atomic E-state index is 0.287. The monoisotopic (exact) mass is 526 g/mol. The van der Waals surface area contributed by atoms with E-state index in [9.17, 15) is 0 Å². The van der Waals surface area contributed by atoms with Gasteiger partial charge in [0.05, 0.1) is 0 Å². The topological polar surface area (TPSA) is 109 Å². The number of benzene rings is 2. The van der Waals surface area contributed by atoms with E-state index < -0.39 is 0 Å². The number of nitrogens with zero attached hydrogens (tertiary/aromatic N) is 6. The van der Waals surface area contributed by atoms with Crippen LogP contribution in [0.15, 0.2) is 48.5 Å². The number of rotatable bonds is 0. The Bertz CT molecular complexity index is 1700. The van der Waals surface area contributed by atoms with Gasteiger partial charge in [-0.15, -0.1) is 0 Å². The number of hydrogen-bond donors (Lipinski definition) is 2. The van der Waals surface area contributed by atoms with E-state index >= 15 is 0 Å². The molecule has 2 fully saturated rings. The van der Waals surface area contributed by atoms with E-state index in [1.165, 1.54) is 25.7 Å². The van der Waals surface area contributed by atoms with E-state index in [2.05, 4.69) is 58.5 Å². The van der Waals surface area contributed by atoms with Crippen LogP contribution in [0.3, 0.4) is 0 Å². The fourth-order valence-electron chi connectivity index (χ4n) is 7.59. The van der Waals surface area contributed by atoms with Gasteiger partial charge in [0.25, 0.3) is 0 Å². The maximum Gasteiger partial charge on any atom is 0.141 e. The number of fused-ring (bicyclic) bond motifs is 20. The molecule has 2 aromatic carbocycles. The van der Waals surface area contributed by atoms with E-state index in [4.69, 9.17) is 29.9 Å². The van der Waals surface area contributed by atoms with Crippen LogP contribution in [0.1, 0.15) is 98.3 Å². The Labute approximate surface area is 230 Å². The van der Waals surface area contributed by atoms with Crippen molar-refractivity contribution in [1.29, 1.82) is 0 Å². The second-order valence-electron chi connectivity index (χ2n) is 11.8. The van der Waals surface area contributed by atoms with E-state index in [-0.39, 0.29) is 23.7 Å². The molecular formula is C32H30N8. The Balaban J connectivity index is 1.43. The van der Waals surface area contributed by atoms with Crippen molar-refractivity contribution in [3.63, 3.8) is 0 Å². The van der Waals surface area contributed by atoms with Gasteiger partial charge in [0.15, 0.2) is 0 Å². The molecule has 40 heavy (non-hydrogen) atoms. The van der Waals surface area contributed by atoms with Gasteiger partial charge in [0.2, 0.25) is 0 Å². The van der Waals surface area contributed by atoms with Crippen LogP contribution >= 0.6 is 0 Å². The van der Waals surface area contributed by atoms with Crippen molar-refractivity contribution in [3.05, 3.63) is 71.8 Å². The molecule has 5 aromatic rings. The summed E-state index contributed by atoms with van der Waals surface area (Å²) >= 11 is 0. The molecule has 2 N–H and O–H groups in total. The van der Waals surface area contributed by atoms with Gasteiger partial charge in [-0.05, 0) is 25.7 Å². The van der Waals surface area contributed by atoms with E-state index in [1.54, 1.807) is 0 Å². The lowest BCUT2D eigenvalue weighted by atomic mass is 9.80. The van der Waals surface area contributed by atoms with E-state index in [1.807, 2.05) is 0 Å². The molecule has 5 heterocycles. The molecule has 2 aliphatic heterocycles. The number of hydrogen-bond acceptors (Lipinski definition) is 6. The minimum atomic E-state index is 0.287. The fraction of sp³-hybridized carbons (Fsp3) is 0.375. The highest BCUT2D eigenvalue weighted by Crippen LogP contribution is 2.46. The lowest BCUT2D eigenvalue weighted by Gasteiger charge is -2.23. The van der Waals surface area contributed by atoms with Gasteiger partial charge in [-0.3, -0.25) is 0 Å².